The van der Waals surface area contributed by atoms with Gasteiger partial charge in [-0.15, -0.1) is 0 Å². The van der Waals surface area contributed by atoms with Crippen LogP contribution in [0.5, 0.6) is 0 Å². The predicted octanol–water partition coefficient (Wildman–Crippen LogP) is 2.90. The Bertz CT molecular complexity index is 438. The molecule has 0 saturated heterocycles. The van der Waals surface area contributed by atoms with E-state index in [1.165, 1.54) is 16.7 Å². The van der Waals surface area contributed by atoms with Crippen LogP contribution in [0.3, 0.4) is 0 Å². The lowest BCUT2D eigenvalue weighted by atomic mass is 9.84. The van der Waals surface area contributed by atoms with Crippen molar-refractivity contribution in [2.24, 2.45) is 5.92 Å². The number of aliphatic hydroxyl groups is 2. The van der Waals surface area contributed by atoms with E-state index in [4.69, 9.17) is 5.11 Å². The van der Waals surface area contributed by atoms with E-state index in [0.29, 0.717) is 0 Å². The monoisotopic (exact) mass is 246 g/mol. The molecule has 0 fully saturated rings. The molecule has 0 amide bonds. The molecule has 0 aliphatic heterocycles. The van der Waals surface area contributed by atoms with Gasteiger partial charge in [0, 0.05) is 12.5 Å². The normalized spacial score (nSPS) is 28.2. The van der Waals surface area contributed by atoms with Crippen molar-refractivity contribution in [2.75, 3.05) is 6.61 Å². The molecular formula is C16H22O2. The second kappa shape index (κ2) is 5.68. The molecule has 2 atom stereocenters. The fourth-order valence-corrected chi connectivity index (χ4v) is 2.65. The molecule has 0 radical (unpaired) electrons. The maximum atomic E-state index is 9.92. The molecule has 0 heterocycles. The molecule has 2 unspecified atom stereocenters. The number of hydrogen-bond acceptors (Lipinski definition) is 2. The first-order valence-electron chi connectivity index (χ1n) is 6.70. The summed E-state index contributed by atoms with van der Waals surface area (Å²) in [6.07, 6.45) is 11.2. The molecule has 0 spiro atoms. The van der Waals surface area contributed by atoms with Gasteiger partial charge >= 0.3 is 0 Å². The maximum absolute atomic E-state index is 9.92. The third kappa shape index (κ3) is 2.82. The summed E-state index contributed by atoms with van der Waals surface area (Å²) in [7, 11) is 0. The molecule has 2 heteroatoms. The highest BCUT2D eigenvalue weighted by Crippen LogP contribution is 2.31. The molecule has 0 bridgehead atoms. The van der Waals surface area contributed by atoms with E-state index < -0.39 is 0 Å². The van der Waals surface area contributed by atoms with Gasteiger partial charge in [-0.2, -0.15) is 0 Å². The van der Waals surface area contributed by atoms with E-state index in [1.54, 1.807) is 0 Å². The summed E-state index contributed by atoms with van der Waals surface area (Å²) in [4.78, 5) is 0. The first kappa shape index (κ1) is 13.3. The van der Waals surface area contributed by atoms with Gasteiger partial charge in [0.05, 0.1) is 6.10 Å². The summed E-state index contributed by atoms with van der Waals surface area (Å²) >= 11 is 0. The summed E-state index contributed by atoms with van der Waals surface area (Å²) in [5, 5.41) is 18.9. The van der Waals surface area contributed by atoms with E-state index in [-0.39, 0.29) is 18.6 Å². The van der Waals surface area contributed by atoms with E-state index in [2.05, 4.69) is 24.3 Å². The van der Waals surface area contributed by atoms with Gasteiger partial charge in [-0.3, -0.25) is 0 Å². The summed E-state index contributed by atoms with van der Waals surface area (Å²) in [5.41, 5.74) is 4.80. The Balaban J connectivity index is 2.22. The molecule has 18 heavy (non-hydrogen) atoms. The lowest BCUT2D eigenvalue weighted by Crippen LogP contribution is -2.21. The minimum atomic E-state index is -0.348. The van der Waals surface area contributed by atoms with Crippen LogP contribution >= 0.6 is 0 Å². The van der Waals surface area contributed by atoms with Crippen LogP contribution in [0.2, 0.25) is 0 Å². The number of allylic oxidation sites excluding steroid dienone is 5. The molecule has 0 aromatic carbocycles. The van der Waals surface area contributed by atoms with Crippen molar-refractivity contribution in [1.82, 2.24) is 0 Å². The van der Waals surface area contributed by atoms with Crippen LogP contribution in [-0.4, -0.2) is 22.9 Å². The number of hydrogen-bond donors (Lipinski definition) is 2. The van der Waals surface area contributed by atoms with Crippen molar-refractivity contribution in [3.63, 3.8) is 0 Å². The Labute approximate surface area is 109 Å². The molecule has 2 N–H and O–H groups in total. The van der Waals surface area contributed by atoms with Crippen LogP contribution < -0.4 is 0 Å². The van der Waals surface area contributed by atoms with Crippen LogP contribution in [0.15, 0.2) is 46.6 Å². The van der Waals surface area contributed by atoms with E-state index >= 15 is 0 Å². The summed E-state index contributed by atoms with van der Waals surface area (Å²) in [6, 6.07) is 0. The van der Waals surface area contributed by atoms with Gasteiger partial charge in [0.1, 0.15) is 0 Å². The average Bonchev–Trinajstić information content (AvgIpc) is 2.36. The molecule has 2 aliphatic carbocycles. The highest BCUT2D eigenvalue weighted by molar-refractivity contribution is 5.52. The molecule has 0 saturated carbocycles. The summed E-state index contributed by atoms with van der Waals surface area (Å²) < 4.78 is 0. The van der Waals surface area contributed by atoms with Crippen LogP contribution in [-0.2, 0) is 0 Å². The van der Waals surface area contributed by atoms with Crippen molar-refractivity contribution >= 4 is 0 Å². The Hall–Kier alpha value is -1.12. The second-order valence-electron chi connectivity index (χ2n) is 5.29. The molecule has 2 aliphatic rings. The van der Waals surface area contributed by atoms with E-state index in [9.17, 15) is 5.11 Å². The Kier molecular flexibility index (Phi) is 4.20. The zero-order chi connectivity index (χ0) is 13.1. The van der Waals surface area contributed by atoms with Gasteiger partial charge in [0.25, 0.3) is 0 Å². The smallest absolute Gasteiger partial charge is 0.0810 e. The van der Waals surface area contributed by atoms with Gasteiger partial charge in [-0.25, -0.2) is 0 Å². The molecular weight excluding hydrogens is 224 g/mol. The standard InChI is InChI=1S/C16H22O2/c1-11-8-15(9-12(2)16(11)18)14-5-3-4-13(10-14)6-7-17/h5,8-11,16-18H,3-4,6-7H2,1-2H3. The van der Waals surface area contributed by atoms with Gasteiger partial charge in [-0.05, 0) is 42.9 Å². The largest absolute Gasteiger partial charge is 0.396 e. The molecule has 2 rings (SSSR count). The minimum Gasteiger partial charge on any atom is -0.396 e. The lowest BCUT2D eigenvalue weighted by molar-refractivity contribution is 0.171. The molecule has 0 aromatic heterocycles. The van der Waals surface area contributed by atoms with Gasteiger partial charge in [-0.1, -0.05) is 36.8 Å². The highest BCUT2D eigenvalue weighted by Gasteiger charge is 2.20. The molecule has 0 aromatic rings. The average molecular weight is 246 g/mol. The fraction of sp³-hybridized carbons (Fsp3) is 0.500. The minimum absolute atomic E-state index is 0.169. The van der Waals surface area contributed by atoms with Crippen LogP contribution in [0.4, 0.5) is 0 Å². The van der Waals surface area contributed by atoms with Gasteiger partial charge in [0.2, 0.25) is 0 Å². The zero-order valence-corrected chi connectivity index (χ0v) is 11.2. The first-order chi connectivity index (χ1) is 8.61. The van der Waals surface area contributed by atoms with E-state index in [0.717, 1.165) is 24.8 Å². The van der Waals surface area contributed by atoms with Crippen molar-refractivity contribution < 1.29 is 10.2 Å². The lowest BCUT2D eigenvalue weighted by Gasteiger charge is -2.24. The Morgan fingerprint density at radius 1 is 1.28 bits per heavy atom. The number of rotatable bonds is 3. The van der Waals surface area contributed by atoms with Crippen LogP contribution in [0.1, 0.15) is 33.1 Å². The predicted molar refractivity (Wildman–Crippen MR) is 74.1 cm³/mol. The third-order valence-electron chi connectivity index (χ3n) is 3.75. The van der Waals surface area contributed by atoms with Crippen molar-refractivity contribution in [1.29, 1.82) is 0 Å². The fourth-order valence-electron chi connectivity index (χ4n) is 2.65. The van der Waals surface area contributed by atoms with Crippen molar-refractivity contribution in [3.05, 3.63) is 46.6 Å². The van der Waals surface area contributed by atoms with Crippen molar-refractivity contribution in [3.8, 4) is 0 Å². The Morgan fingerprint density at radius 2 is 2.06 bits per heavy atom. The van der Waals surface area contributed by atoms with Crippen LogP contribution in [0.25, 0.3) is 0 Å². The zero-order valence-electron chi connectivity index (χ0n) is 11.2. The highest BCUT2D eigenvalue weighted by atomic mass is 16.3. The molecule has 98 valence electrons. The SMILES string of the molecule is CC1=CC(C2=CCCC(CCO)=C2)=CC(C)C1O. The van der Waals surface area contributed by atoms with Gasteiger partial charge < -0.3 is 10.2 Å². The Morgan fingerprint density at radius 3 is 2.72 bits per heavy atom. The molecule has 2 nitrogen and oxygen atoms in total. The van der Waals surface area contributed by atoms with Gasteiger partial charge in [0.15, 0.2) is 0 Å². The number of aliphatic hydroxyl groups excluding tert-OH is 2. The summed E-state index contributed by atoms with van der Waals surface area (Å²) in [5.74, 6) is 0.169. The quantitative estimate of drug-likeness (QED) is 0.804. The van der Waals surface area contributed by atoms with Crippen LogP contribution in [0, 0.1) is 5.92 Å². The maximum Gasteiger partial charge on any atom is 0.0810 e. The first-order valence-corrected chi connectivity index (χ1v) is 6.70. The second-order valence-corrected chi connectivity index (χ2v) is 5.29. The summed E-state index contributed by atoms with van der Waals surface area (Å²) in [6.45, 7) is 4.25. The topological polar surface area (TPSA) is 40.5 Å². The third-order valence-corrected chi connectivity index (χ3v) is 3.75. The van der Waals surface area contributed by atoms with E-state index in [1.807, 2.05) is 13.8 Å². The van der Waals surface area contributed by atoms with Crippen molar-refractivity contribution in [2.45, 2.75) is 39.2 Å².